The highest BCUT2D eigenvalue weighted by atomic mass is 32.2. The van der Waals surface area contributed by atoms with Crippen molar-refractivity contribution in [2.24, 2.45) is 0 Å². The van der Waals surface area contributed by atoms with Gasteiger partial charge in [0, 0.05) is 20.6 Å². The zero-order chi connectivity index (χ0) is 35.3. The second-order valence-electron chi connectivity index (χ2n) is 11.2. The molecule has 5 aromatic rings. The van der Waals surface area contributed by atoms with Crippen LogP contribution >= 0.6 is 23.1 Å². The lowest BCUT2D eigenvalue weighted by Crippen LogP contribution is -2.14. The molecule has 0 radical (unpaired) electrons. The number of benzene rings is 4. The molecule has 0 spiro atoms. The van der Waals surface area contributed by atoms with Gasteiger partial charge in [-0.2, -0.15) is 26.3 Å². The Hall–Kier alpha value is -4.29. The predicted octanol–water partition coefficient (Wildman–Crippen LogP) is 11.1. The number of ether oxygens (including phenoxy) is 2. The summed E-state index contributed by atoms with van der Waals surface area (Å²) in [6.07, 6.45) is -8.36. The number of nitrogens with zero attached hydrogens (tertiary/aromatic N) is 1. The quantitative estimate of drug-likeness (QED) is 0.0774. The molecule has 1 atom stereocenters. The number of alkyl halides is 6. The third-order valence-electron chi connectivity index (χ3n) is 7.56. The molecule has 0 fully saturated rings. The minimum atomic E-state index is -4.45. The Morgan fingerprint density at radius 2 is 1.49 bits per heavy atom. The number of thiazole rings is 1. The van der Waals surface area contributed by atoms with E-state index in [1.165, 1.54) is 29.5 Å². The van der Waals surface area contributed by atoms with Crippen LogP contribution < -0.4 is 4.74 Å². The lowest BCUT2D eigenvalue weighted by atomic mass is 10.00. The monoisotopic (exact) mass is 715 g/mol. The number of esters is 1. The van der Waals surface area contributed by atoms with Crippen LogP contribution in [0.25, 0.3) is 21.7 Å². The Morgan fingerprint density at radius 3 is 2.12 bits per heavy atom. The van der Waals surface area contributed by atoms with Gasteiger partial charge in [-0.05, 0) is 91.9 Å². The summed E-state index contributed by atoms with van der Waals surface area (Å²) in [5, 5.41) is 0.413. The summed E-state index contributed by atoms with van der Waals surface area (Å²) in [4.78, 5) is 18.3. The molecule has 1 heterocycles. The largest absolute Gasteiger partial charge is 0.482 e. The summed E-state index contributed by atoms with van der Waals surface area (Å²) >= 11 is 2.98. The lowest BCUT2D eigenvalue weighted by molar-refractivity contribution is -0.145. The molecule has 0 saturated carbocycles. The summed E-state index contributed by atoms with van der Waals surface area (Å²) in [6, 6.07) is 23.1. The first-order valence-corrected chi connectivity index (χ1v) is 16.9. The van der Waals surface area contributed by atoms with E-state index in [2.05, 4.69) is 0 Å². The molecule has 5 rings (SSSR count). The van der Waals surface area contributed by atoms with E-state index >= 15 is 0 Å². The van der Waals surface area contributed by atoms with Crippen molar-refractivity contribution in [3.8, 4) is 27.4 Å². The Bertz CT molecular complexity index is 1900. The van der Waals surface area contributed by atoms with E-state index in [1.54, 1.807) is 43.0 Å². The molecule has 0 bridgehead atoms. The van der Waals surface area contributed by atoms with Crippen molar-refractivity contribution in [1.29, 1.82) is 0 Å². The summed E-state index contributed by atoms with van der Waals surface area (Å²) in [5.41, 5.74) is 2.69. The van der Waals surface area contributed by atoms with Crippen LogP contribution in [-0.4, -0.2) is 24.2 Å². The summed E-state index contributed by atoms with van der Waals surface area (Å²) in [5.74, 6) is 0.0710. The number of rotatable bonds is 11. The number of hydrogen-bond acceptors (Lipinski definition) is 6. The molecule has 0 N–H and O–H groups in total. The first-order valence-electron chi connectivity index (χ1n) is 15.2. The van der Waals surface area contributed by atoms with Gasteiger partial charge in [-0.3, -0.25) is 0 Å². The van der Waals surface area contributed by atoms with E-state index in [4.69, 9.17) is 14.5 Å². The molecule has 1 unspecified atom stereocenters. The number of carbonyl (C=O) groups excluding carboxylic acids is 1. The molecule has 0 amide bonds. The lowest BCUT2D eigenvalue weighted by Gasteiger charge is -2.18. The maximum absolute atomic E-state index is 13.3. The van der Waals surface area contributed by atoms with Gasteiger partial charge in [-0.25, -0.2) is 9.78 Å². The Kier molecular flexibility index (Phi) is 11.1. The van der Waals surface area contributed by atoms with Gasteiger partial charge in [0.15, 0.2) is 6.61 Å². The van der Waals surface area contributed by atoms with Gasteiger partial charge in [0.05, 0.1) is 23.4 Å². The first-order chi connectivity index (χ1) is 23.2. The fraction of sp³-hybridized carbons (Fsp3) is 0.243. The zero-order valence-electron chi connectivity index (χ0n) is 26.6. The summed E-state index contributed by atoms with van der Waals surface area (Å²) in [7, 11) is 0. The molecule has 4 nitrogen and oxygen atoms in total. The van der Waals surface area contributed by atoms with Gasteiger partial charge in [0.1, 0.15) is 10.8 Å². The van der Waals surface area contributed by atoms with E-state index in [0.29, 0.717) is 33.9 Å². The first kappa shape index (κ1) is 36.0. The van der Waals surface area contributed by atoms with Gasteiger partial charge < -0.3 is 9.47 Å². The third-order valence-corrected chi connectivity index (χ3v) is 10.2. The average molecular weight is 716 g/mol. The van der Waals surface area contributed by atoms with Gasteiger partial charge in [-0.1, -0.05) is 48.5 Å². The number of hydrogen-bond donors (Lipinski definition) is 0. The van der Waals surface area contributed by atoms with Crippen LogP contribution in [0.2, 0.25) is 0 Å². The average Bonchev–Trinajstić information content (AvgIpc) is 3.45. The molecule has 49 heavy (non-hydrogen) atoms. The SMILES string of the molecule is CCOC(=O)COc1ccc(SC(Cc2ccc(-c3cccc(C(F)(F)F)c3)cc2)c2sc(-c3ccc(C(F)(F)F)cc3)nc2C)cc1C. The highest BCUT2D eigenvalue weighted by molar-refractivity contribution is 7.99. The maximum Gasteiger partial charge on any atom is 0.416 e. The van der Waals surface area contributed by atoms with Crippen LogP contribution in [0.3, 0.4) is 0 Å². The van der Waals surface area contributed by atoms with Crippen LogP contribution in [-0.2, 0) is 28.3 Å². The molecule has 0 aliphatic rings. The van der Waals surface area contributed by atoms with Crippen molar-refractivity contribution in [3.63, 3.8) is 0 Å². The molecule has 12 heteroatoms. The van der Waals surface area contributed by atoms with E-state index in [1.807, 2.05) is 38.1 Å². The second kappa shape index (κ2) is 15.1. The second-order valence-corrected chi connectivity index (χ2v) is 13.5. The molecule has 1 aromatic heterocycles. The van der Waals surface area contributed by atoms with Crippen molar-refractivity contribution < 1.29 is 40.6 Å². The molecular weight excluding hydrogens is 685 g/mol. The molecule has 0 aliphatic heterocycles. The predicted molar refractivity (Wildman–Crippen MR) is 180 cm³/mol. The van der Waals surface area contributed by atoms with Crippen molar-refractivity contribution in [3.05, 3.63) is 124 Å². The van der Waals surface area contributed by atoms with Gasteiger partial charge in [0.25, 0.3) is 0 Å². The molecule has 0 aliphatic carbocycles. The van der Waals surface area contributed by atoms with Crippen LogP contribution in [0.15, 0.2) is 95.9 Å². The summed E-state index contributed by atoms with van der Waals surface area (Å²) < 4.78 is 90.0. The minimum absolute atomic E-state index is 0.175. The fourth-order valence-electron chi connectivity index (χ4n) is 5.10. The smallest absolute Gasteiger partial charge is 0.416 e. The number of aromatic nitrogens is 1. The summed E-state index contributed by atoms with van der Waals surface area (Å²) in [6.45, 7) is 5.48. The highest BCUT2D eigenvalue weighted by Gasteiger charge is 2.31. The topological polar surface area (TPSA) is 48.4 Å². The van der Waals surface area contributed by atoms with Crippen LogP contribution in [0.4, 0.5) is 26.3 Å². The Labute approximate surface area is 288 Å². The van der Waals surface area contributed by atoms with Crippen LogP contribution in [0, 0.1) is 13.8 Å². The normalized spacial score (nSPS) is 12.5. The van der Waals surface area contributed by atoms with E-state index in [0.717, 1.165) is 50.9 Å². The molecule has 4 aromatic carbocycles. The fourth-order valence-corrected chi connectivity index (χ4v) is 7.72. The number of thioether (sulfide) groups is 1. The highest BCUT2D eigenvalue weighted by Crippen LogP contribution is 2.45. The number of aryl methyl sites for hydroxylation is 2. The van der Waals surface area contributed by atoms with Gasteiger partial charge >= 0.3 is 18.3 Å². The van der Waals surface area contributed by atoms with Crippen molar-refractivity contribution in [2.45, 2.75) is 49.7 Å². The molecule has 0 saturated heterocycles. The van der Waals surface area contributed by atoms with Crippen molar-refractivity contribution in [2.75, 3.05) is 13.2 Å². The van der Waals surface area contributed by atoms with E-state index in [9.17, 15) is 31.1 Å². The molecule has 256 valence electrons. The van der Waals surface area contributed by atoms with Crippen molar-refractivity contribution >= 4 is 29.1 Å². The number of halogens is 6. The van der Waals surface area contributed by atoms with Gasteiger partial charge in [-0.15, -0.1) is 23.1 Å². The molecular formula is C37H31F6NO3S2. The Balaban J connectivity index is 1.43. The van der Waals surface area contributed by atoms with Crippen LogP contribution in [0.1, 0.15) is 45.0 Å². The van der Waals surface area contributed by atoms with E-state index in [-0.39, 0.29) is 18.5 Å². The van der Waals surface area contributed by atoms with E-state index < -0.39 is 29.4 Å². The minimum Gasteiger partial charge on any atom is -0.482 e. The zero-order valence-corrected chi connectivity index (χ0v) is 28.2. The standard InChI is InChI=1S/C37H31F6NO3S2/c1-4-46-33(45)21-47-31-17-16-30(18-22(31)2)48-32(34-23(3)44-35(49-34)26-12-14-28(15-13-26)36(38,39)40)19-24-8-10-25(11-9-24)27-6-5-7-29(20-27)37(41,42)43/h5-18,20,32H,4,19,21H2,1-3H3. The van der Waals surface area contributed by atoms with Crippen molar-refractivity contribution in [1.82, 2.24) is 4.98 Å². The third kappa shape index (κ3) is 9.24. The maximum atomic E-state index is 13.3. The Morgan fingerprint density at radius 1 is 0.816 bits per heavy atom. The van der Waals surface area contributed by atoms with Crippen LogP contribution in [0.5, 0.6) is 5.75 Å². The van der Waals surface area contributed by atoms with Gasteiger partial charge in [0.2, 0.25) is 0 Å². The number of carbonyl (C=O) groups is 1.